The Morgan fingerprint density at radius 3 is 2.75 bits per heavy atom. The highest BCUT2D eigenvalue weighted by atomic mass is 16.5. The van der Waals surface area contributed by atoms with Crippen molar-refractivity contribution in [1.29, 1.82) is 0 Å². The van der Waals surface area contributed by atoms with Crippen LogP contribution in [0.2, 0.25) is 0 Å². The van der Waals surface area contributed by atoms with Gasteiger partial charge in [-0.3, -0.25) is 9.59 Å². The second-order valence-electron chi connectivity index (χ2n) is 4.04. The van der Waals surface area contributed by atoms with Crippen LogP contribution in [0, 0.1) is 5.92 Å². The molecule has 16 heavy (non-hydrogen) atoms. The molecule has 1 amide bonds. The lowest BCUT2D eigenvalue weighted by molar-refractivity contribution is -0.145. The van der Waals surface area contributed by atoms with Crippen molar-refractivity contribution in [3.05, 3.63) is 0 Å². The van der Waals surface area contributed by atoms with E-state index in [-0.39, 0.29) is 24.7 Å². The fourth-order valence-corrected chi connectivity index (χ4v) is 1.85. The van der Waals surface area contributed by atoms with Crippen LogP contribution in [0.4, 0.5) is 0 Å². The molecular weight excluding hydrogens is 208 g/mol. The number of carbonyl (C=O) groups excluding carboxylic acids is 2. The number of ether oxygens (including phenoxy) is 1. The first-order chi connectivity index (χ1) is 7.67. The average molecular weight is 228 g/mol. The number of likely N-dealkylation sites (tertiary alicyclic amines) is 1. The summed E-state index contributed by atoms with van der Waals surface area (Å²) >= 11 is 0. The number of esters is 1. The van der Waals surface area contributed by atoms with Gasteiger partial charge in [0, 0.05) is 19.5 Å². The zero-order chi connectivity index (χ0) is 12.0. The second-order valence-corrected chi connectivity index (χ2v) is 4.04. The molecule has 1 rings (SSSR count). The lowest BCUT2D eigenvalue weighted by atomic mass is 10.1. The maximum Gasteiger partial charge on any atom is 0.306 e. The first-order valence-electron chi connectivity index (χ1n) is 5.80. The summed E-state index contributed by atoms with van der Waals surface area (Å²) in [6.45, 7) is 4.25. The summed E-state index contributed by atoms with van der Waals surface area (Å²) in [6, 6.07) is 0. The van der Waals surface area contributed by atoms with Crippen molar-refractivity contribution in [3.8, 4) is 0 Å². The summed E-state index contributed by atoms with van der Waals surface area (Å²) in [5, 5.41) is 0. The van der Waals surface area contributed by atoms with E-state index in [4.69, 9.17) is 10.5 Å². The number of hydrogen-bond donors (Lipinski definition) is 1. The van der Waals surface area contributed by atoms with Gasteiger partial charge < -0.3 is 15.4 Å². The van der Waals surface area contributed by atoms with Crippen LogP contribution < -0.4 is 5.73 Å². The summed E-state index contributed by atoms with van der Waals surface area (Å²) in [5.74, 6) is 0.154. The van der Waals surface area contributed by atoms with E-state index in [1.807, 2.05) is 0 Å². The molecule has 1 aliphatic rings. The maximum atomic E-state index is 11.7. The maximum absolute atomic E-state index is 11.7. The molecule has 1 aliphatic heterocycles. The van der Waals surface area contributed by atoms with E-state index in [0.717, 1.165) is 19.5 Å². The van der Waals surface area contributed by atoms with Crippen molar-refractivity contribution in [2.45, 2.75) is 26.2 Å². The topological polar surface area (TPSA) is 72.6 Å². The molecule has 1 atom stereocenters. The predicted octanol–water partition coefficient (Wildman–Crippen LogP) is 0.137. The molecule has 0 bridgehead atoms. The van der Waals surface area contributed by atoms with Gasteiger partial charge in [0.1, 0.15) is 0 Å². The predicted molar refractivity (Wildman–Crippen MR) is 59.6 cm³/mol. The Kier molecular flexibility index (Phi) is 5.25. The molecule has 0 spiro atoms. The summed E-state index contributed by atoms with van der Waals surface area (Å²) in [4.78, 5) is 24.6. The zero-order valence-corrected chi connectivity index (χ0v) is 9.78. The highest BCUT2D eigenvalue weighted by molar-refractivity contribution is 5.81. The SMILES string of the molecule is CCOC(=O)CCC(=O)N1CCC(CN)C1. The first-order valence-corrected chi connectivity index (χ1v) is 5.80. The van der Waals surface area contributed by atoms with Crippen molar-refractivity contribution >= 4 is 11.9 Å². The van der Waals surface area contributed by atoms with Crippen LogP contribution in [0.15, 0.2) is 0 Å². The van der Waals surface area contributed by atoms with E-state index in [9.17, 15) is 9.59 Å². The third-order valence-corrected chi connectivity index (χ3v) is 2.82. The van der Waals surface area contributed by atoms with E-state index in [1.54, 1.807) is 11.8 Å². The lowest BCUT2D eigenvalue weighted by Crippen LogP contribution is -2.30. The molecule has 0 aromatic carbocycles. The van der Waals surface area contributed by atoms with E-state index >= 15 is 0 Å². The Hall–Kier alpha value is -1.10. The third kappa shape index (κ3) is 3.81. The van der Waals surface area contributed by atoms with Gasteiger partial charge in [0.2, 0.25) is 5.91 Å². The number of amides is 1. The Bertz CT molecular complexity index is 256. The largest absolute Gasteiger partial charge is 0.466 e. The molecule has 0 saturated carbocycles. The summed E-state index contributed by atoms with van der Waals surface area (Å²) in [7, 11) is 0. The summed E-state index contributed by atoms with van der Waals surface area (Å²) in [5.41, 5.74) is 5.55. The lowest BCUT2D eigenvalue weighted by Gasteiger charge is -2.15. The van der Waals surface area contributed by atoms with E-state index in [2.05, 4.69) is 0 Å². The Morgan fingerprint density at radius 1 is 1.44 bits per heavy atom. The monoisotopic (exact) mass is 228 g/mol. The molecule has 5 nitrogen and oxygen atoms in total. The van der Waals surface area contributed by atoms with Gasteiger partial charge in [-0.2, -0.15) is 0 Å². The Balaban J connectivity index is 2.23. The molecule has 0 aromatic heterocycles. The van der Waals surface area contributed by atoms with E-state index in [0.29, 0.717) is 19.1 Å². The Morgan fingerprint density at radius 2 is 2.19 bits per heavy atom. The average Bonchev–Trinajstić information content (AvgIpc) is 2.75. The molecule has 1 heterocycles. The van der Waals surface area contributed by atoms with Crippen molar-refractivity contribution in [2.75, 3.05) is 26.2 Å². The molecular formula is C11H20N2O3. The van der Waals surface area contributed by atoms with Crippen molar-refractivity contribution in [3.63, 3.8) is 0 Å². The molecule has 0 aliphatic carbocycles. The van der Waals surface area contributed by atoms with Crippen molar-refractivity contribution < 1.29 is 14.3 Å². The van der Waals surface area contributed by atoms with Crippen molar-refractivity contribution in [1.82, 2.24) is 4.90 Å². The van der Waals surface area contributed by atoms with Gasteiger partial charge in [-0.05, 0) is 25.8 Å². The number of hydrogen-bond acceptors (Lipinski definition) is 4. The van der Waals surface area contributed by atoms with E-state index in [1.165, 1.54) is 0 Å². The van der Waals surface area contributed by atoms with Gasteiger partial charge in [0.15, 0.2) is 0 Å². The number of carbonyl (C=O) groups is 2. The normalized spacial score (nSPS) is 19.9. The standard InChI is InChI=1S/C11H20N2O3/c1-2-16-11(15)4-3-10(14)13-6-5-9(7-12)8-13/h9H,2-8,12H2,1H3. The van der Waals surface area contributed by atoms with Gasteiger partial charge in [-0.15, -0.1) is 0 Å². The highest BCUT2D eigenvalue weighted by Crippen LogP contribution is 2.16. The molecule has 92 valence electrons. The van der Waals surface area contributed by atoms with Gasteiger partial charge in [0.05, 0.1) is 13.0 Å². The molecule has 2 N–H and O–H groups in total. The van der Waals surface area contributed by atoms with Crippen LogP contribution in [0.5, 0.6) is 0 Å². The number of nitrogens with zero attached hydrogens (tertiary/aromatic N) is 1. The van der Waals surface area contributed by atoms with Crippen LogP contribution in [0.3, 0.4) is 0 Å². The number of nitrogens with two attached hydrogens (primary N) is 1. The molecule has 5 heteroatoms. The Labute approximate surface area is 95.9 Å². The minimum absolute atomic E-state index is 0.0315. The molecule has 1 unspecified atom stereocenters. The summed E-state index contributed by atoms with van der Waals surface area (Å²) < 4.78 is 4.77. The second kappa shape index (κ2) is 6.48. The quantitative estimate of drug-likeness (QED) is 0.679. The van der Waals surface area contributed by atoms with Gasteiger partial charge in [-0.25, -0.2) is 0 Å². The van der Waals surface area contributed by atoms with Gasteiger partial charge in [0.25, 0.3) is 0 Å². The first kappa shape index (κ1) is 13.0. The third-order valence-electron chi connectivity index (χ3n) is 2.82. The minimum atomic E-state index is -0.301. The fraction of sp³-hybridized carbons (Fsp3) is 0.818. The smallest absolute Gasteiger partial charge is 0.306 e. The van der Waals surface area contributed by atoms with E-state index < -0.39 is 0 Å². The van der Waals surface area contributed by atoms with Crippen LogP contribution in [0.1, 0.15) is 26.2 Å². The molecule has 1 saturated heterocycles. The van der Waals surface area contributed by atoms with Crippen LogP contribution >= 0.6 is 0 Å². The molecule has 0 aromatic rings. The van der Waals surface area contributed by atoms with Crippen LogP contribution in [0.25, 0.3) is 0 Å². The number of rotatable bonds is 5. The molecule has 0 radical (unpaired) electrons. The molecule has 1 fully saturated rings. The van der Waals surface area contributed by atoms with Crippen LogP contribution in [-0.2, 0) is 14.3 Å². The summed E-state index contributed by atoms with van der Waals surface area (Å²) in [6.07, 6.45) is 1.40. The fourth-order valence-electron chi connectivity index (χ4n) is 1.85. The van der Waals surface area contributed by atoms with Gasteiger partial charge in [-0.1, -0.05) is 0 Å². The van der Waals surface area contributed by atoms with Crippen LogP contribution in [-0.4, -0.2) is 43.0 Å². The zero-order valence-electron chi connectivity index (χ0n) is 9.78. The van der Waals surface area contributed by atoms with Crippen molar-refractivity contribution in [2.24, 2.45) is 11.7 Å². The highest BCUT2D eigenvalue weighted by Gasteiger charge is 2.25. The van der Waals surface area contributed by atoms with Gasteiger partial charge >= 0.3 is 5.97 Å². The minimum Gasteiger partial charge on any atom is -0.466 e.